The summed E-state index contributed by atoms with van der Waals surface area (Å²) in [7, 11) is 0. The largest absolute Gasteiger partial charge is 0.508 e. The van der Waals surface area contributed by atoms with E-state index >= 15 is 0 Å². The van der Waals surface area contributed by atoms with Crippen molar-refractivity contribution in [3.8, 4) is 27.6 Å². The third-order valence-electron chi connectivity index (χ3n) is 3.77. The number of aromatic amines is 1. The summed E-state index contributed by atoms with van der Waals surface area (Å²) in [6.45, 7) is 2.08. The Bertz CT molecular complexity index is 951. The molecule has 0 bridgehead atoms. The van der Waals surface area contributed by atoms with Crippen LogP contribution in [0.15, 0.2) is 53.9 Å². The molecule has 0 aliphatic heterocycles. The summed E-state index contributed by atoms with van der Waals surface area (Å²) in [6.07, 6.45) is 0. The SMILES string of the molecule is Cc1[nH]c2ccccc2c1-c1csc(-c2ccc(O)cc2)n1. The maximum atomic E-state index is 9.39. The highest BCUT2D eigenvalue weighted by Crippen LogP contribution is 2.35. The lowest BCUT2D eigenvalue weighted by atomic mass is 10.1. The molecule has 0 atom stereocenters. The number of thiazole rings is 1. The summed E-state index contributed by atoms with van der Waals surface area (Å²) in [4.78, 5) is 8.19. The van der Waals surface area contributed by atoms with Gasteiger partial charge in [0.25, 0.3) is 0 Å². The molecule has 2 aromatic carbocycles. The minimum absolute atomic E-state index is 0.271. The zero-order valence-corrected chi connectivity index (χ0v) is 12.8. The van der Waals surface area contributed by atoms with Crippen molar-refractivity contribution >= 4 is 22.2 Å². The number of nitrogens with zero attached hydrogens (tertiary/aromatic N) is 1. The van der Waals surface area contributed by atoms with Crippen LogP contribution in [0.3, 0.4) is 0 Å². The van der Waals surface area contributed by atoms with Gasteiger partial charge >= 0.3 is 0 Å². The van der Waals surface area contributed by atoms with Crippen LogP contribution < -0.4 is 0 Å². The van der Waals surface area contributed by atoms with Gasteiger partial charge in [0.05, 0.1) is 5.69 Å². The molecule has 0 unspecified atom stereocenters. The van der Waals surface area contributed by atoms with Crippen molar-refractivity contribution in [1.82, 2.24) is 9.97 Å². The maximum absolute atomic E-state index is 9.39. The quantitative estimate of drug-likeness (QED) is 0.549. The lowest BCUT2D eigenvalue weighted by Crippen LogP contribution is -1.81. The van der Waals surface area contributed by atoms with E-state index in [-0.39, 0.29) is 5.75 Å². The van der Waals surface area contributed by atoms with Crippen LogP contribution in [0.4, 0.5) is 0 Å². The number of phenolic OH excluding ortho intramolecular Hbond substituents is 1. The van der Waals surface area contributed by atoms with Crippen molar-refractivity contribution in [2.24, 2.45) is 0 Å². The van der Waals surface area contributed by atoms with E-state index in [1.807, 2.05) is 24.3 Å². The van der Waals surface area contributed by atoms with Gasteiger partial charge in [0.2, 0.25) is 0 Å². The number of aryl methyl sites for hydroxylation is 1. The Kier molecular flexibility index (Phi) is 2.98. The van der Waals surface area contributed by atoms with E-state index in [2.05, 4.69) is 29.4 Å². The van der Waals surface area contributed by atoms with Gasteiger partial charge in [0, 0.05) is 33.1 Å². The summed E-state index contributed by atoms with van der Waals surface area (Å²) in [6, 6.07) is 15.4. The predicted molar refractivity (Wildman–Crippen MR) is 91.2 cm³/mol. The molecule has 0 aliphatic rings. The van der Waals surface area contributed by atoms with E-state index in [9.17, 15) is 5.11 Å². The molecule has 0 saturated heterocycles. The molecule has 108 valence electrons. The highest BCUT2D eigenvalue weighted by Gasteiger charge is 2.14. The van der Waals surface area contributed by atoms with Gasteiger partial charge in [-0.3, -0.25) is 0 Å². The lowest BCUT2D eigenvalue weighted by Gasteiger charge is -1.98. The van der Waals surface area contributed by atoms with Crippen molar-refractivity contribution in [2.75, 3.05) is 0 Å². The van der Waals surface area contributed by atoms with Crippen LogP contribution in [-0.4, -0.2) is 15.1 Å². The standard InChI is InChI=1S/C18H14N2OS/c1-11-17(14-4-2-3-5-15(14)19-11)16-10-22-18(20-16)12-6-8-13(21)9-7-12/h2-10,19,21H,1H3. The third-order valence-corrected chi connectivity index (χ3v) is 4.66. The molecule has 0 spiro atoms. The molecule has 4 heteroatoms. The van der Waals surface area contributed by atoms with E-state index in [1.54, 1.807) is 23.5 Å². The molecule has 4 rings (SSSR count). The Balaban J connectivity index is 1.83. The third kappa shape index (κ3) is 2.09. The van der Waals surface area contributed by atoms with Gasteiger partial charge in [0.1, 0.15) is 10.8 Å². The first kappa shape index (κ1) is 13.1. The summed E-state index contributed by atoms with van der Waals surface area (Å²) < 4.78 is 0. The van der Waals surface area contributed by atoms with Crippen LogP contribution in [0.1, 0.15) is 5.69 Å². The van der Waals surface area contributed by atoms with Crippen molar-refractivity contribution in [1.29, 1.82) is 0 Å². The first-order valence-electron chi connectivity index (χ1n) is 7.05. The summed E-state index contributed by atoms with van der Waals surface area (Å²) in [5.74, 6) is 0.271. The molecule has 4 aromatic rings. The smallest absolute Gasteiger partial charge is 0.124 e. The van der Waals surface area contributed by atoms with Crippen molar-refractivity contribution in [3.63, 3.8) is 0 Å². The summed E-state index contributed by atoms with van der Waals surface area (Å²) >= 11 is 1.62. The molecule has 22 heavy (non-hydrogen) atoms. The van der Waals surface area contributed by atoms with E-state index in [1.165, 1.54) is 5.39 Å². The number of nitrogens with one attached hydrogen (secondary N) is 1. The fourth-order valence-electron chi connectivity index (χ4n) is 2.73. The molecule has 2 N–H and O–H groups in total. The Labute approximate surface area is 131 Å². The molecule has 0 fully saturated rings. The minimum Gasteiger partial charge on any atom is -0.508 e. The van der Waals surface area contributed by atoms with Crippen molar-refractivity contribution < 1.29 is 5.11 Å². The van der Waals surface area contributed by atoms with Gasteiger partial charge in [-0.1, -0.05) is 18.2 Å². The maximum Gasteiger partial charge on any atom is 0.124 e. The molecular weight excluding hydrogens is 292 g/mol. The number of H-pyrrole nitrogens is 1. The molecule has 2 aromatic heterocycles. The van der Waals surface area contributed by atoms with E-state index in [0.29, 0.717) is 0 Å². The molecular formula is C18H14N2OS. The second-order valence-corrected chi connectivity index (χ2v) is 6.11. The second kappa shape index (κ2) is 5.00. The minimum atomic E-state index is 0.271. The van der Waals surface area contributed by atoms with E-state index in [0.717, 1.165) is 33.0 Å². The first-order chi connectivity index (χ1) is 10.7. The van der Waals surface area contributed by atoms with Crippen LogP contribution in [-0.2, 0) is 0 Å². The molecule has 0 amide bonds. The van der Waals surface area contributed by atoms with Crippen LogP contribution in [0.25, 0.3) is 32.7 Å². The average Bonchev–Trinajstić information content (AvgIpc) is 3.11. The van der Waals surface area contributed by atoms with Crippen LogP contribution >= 0.6 is 11.3 Å². The van der Waals surface area contributed by atoms with Crippen LogP contribution in [0.5, 0.6) is 5.75 Å². The summed E-state index contributed by atoms with van der Waals surface area (Å²) in [5, 5.41) is 13.6. The van der Waals surface area contributed by atoms with E-state index in [4.69, 9.17) is 4.98 Å². The number of phenols is 1. The fourth-order valence-corrected chi connectivity index (χ4v) is 3.55. The second-order valence-electron chi connectivity index (χ2n) is 5.26. The molecule has 2 heterocycles. The van der Waals surface area contributed by atoms with Gasteiger partial charge in [-0.15, -0.1) is 11.3 Å². The number of hydrogen-bond acceptors (Lipinski definition) is 3. The molecule has 0 aliphatic carbocycles. The number of aromatic nitrogens is 2. The first-order valence-corrected chi connectivity index (χ1v) is 7.93. The topological polar surface area (TPSA) is 48.9 Å². The number of aromatic hydroxyl groups is 1. The normalized spacial score (nSPS) is 11.1. The van der Waals surface area contributed by atoms with Crippen LogP contribution in [0, 0.1) is 6.92 Å². The number of para-hydroxylation sites is 1. The number of rotatable bonds is 2. The summed E-state index contributed by atoms with van der Waals surface area (Å²) in [5.41, 5.74) is 5.43. The van der Waals surface area contributed by atoms with Crippen molar-refractivity contribution in [2.45, 2.75) is 6.92 Å². The Morgan fingerprint density at radius 3 is 2.64 bits per heavy atom. The Morgan fingerprint density at radius 2 is 1.82 bits per heavy atom. The number of hydrogen-bond donors (Lipinski definition) is 2. The molecule has 0 radical (unpaired) electrons. The van der Waals surface area contributed by atoms with Gasteiger partial charge in [-0.2, -0.15) is 0 Å². The molecule has 3 nitrogen and oxygen atoms in total. The fraction of sp³-hybridized carbons (Fsp3) is 0.0556. The Morgan fingerprint density at radius 1 is 1.05 bits per heavy atom. The molecule has 0 saturated carbocycles. The van der Waals surface area contributed by atoms with Gasteiger partial charge in [0.15, 0.2) is 0 Å². The zero-order valence-electron chi connectivity index (χ0n) is 12.0. The van der Waals surface area contributed by atoms with Crippen LogP contribution in [0.2, 0.25) is 0 Å². The lowest BCUT2D eigenvalue weighted by molar-refractivity contribution is 0.475. The van der Waals surface area contributed by atoms with Gasteiger partial charge < -0.3 is 10.1 Å². The highest BCUT2D eigenvalue weighted by atomic mass is 32.1. The predicted octanol–water partition coefficient (Wildman–Crippen LogP) is 4.97. The zero-order chi connectivity index (χ0) is 15.1. The highest BCUT2D eigenvalue weighted by molar-refractivity contribution is 7.13. The Hall–Kier alpha value is -2.59. The number of fused-ring (bicyclic) bond motifs is 1. The van der Waals surface area contributed by atoms with Crippen molar-refractivity contribution in [3.05, 3.63) is 59.6 Å². The van der Waals surface area contributed by atoms with Gasteiger partial charge in [-0.05, 0) is 37.3 Å². The monoisotopic (exact) mass is 306 g/mol. The van der Waals surface area contributed by atoms with Gasteiger partial charge in [-0.25, -0.2) is 4.98 Å². The average molecular weight is 306 g/mol. The van der Waals surface area contributed by atoms with E-state index < -0.39 is 0 Å². The number of benzene rings is 2.